The van der Waals surface area contributed by atoms with Gasteiger partial charge in [-0.3, -0.25) is 4.79 Å². The van der Waals surface area contributed by atoms with Crippen LogP contribution < -0.4 is 27.4 Å². The van der Waals surface area contributed by atoms with Crippen LogP contribution >= 0.6 is 0 Å². The number of aromatic nitrogens is 1. The van der Waals surface area contributed by atoms with Gasteiger partial charge in [-0.25, -0.2) is 13.8 Å². The number of nitrogens with two attached hydrogens (primary N) is 2. The highest BCUT2D eigenvalue weighted by Gasteiger charge is 2.55. The zero-order valence-corrected chi connectivity index (χ0v) is 20.3. The van der Waals surface area contributed by atoms with Crippen molar-refractivity contribution in [2.75, 3.05) is 18.7 Å². The third-order valence-electron chi connectivity index (χ3n) is 6.95. The molecule has 2 fully saturated rings. The van der Waals surface area contributed by atoms with E-state index >= 15 is 0 Å². The minimum Gasteiger partial charge on any atom is -0.403 e. The summed E-state index contributed by atoms with van der Waals surface area (Å²) in [6.45, 7) is 1.28. The van der Waals surface area contributed by atoms with E-state index in [1.165, 1.54) is 25.3 Å². The van der Waals surface area contributed by atoms with Crippen molar-refractivity contribution in [2.24, 2.45) is 29.2 Å². The fourth-order valence-electron chi connectivity index (χ4n) is 5.13. The van der Waals surface area contributed by atoms with Gasteiger partial charge in [0.05, 0.1) is 17.4 Å². The topological polar surface area (TPSA) is 142 Å². The summed E-state index contributed by atoms with van der Waals surface area (Å²) < 4.78 is 41.1. The highest BCUT2D eigenvalue weighted by Crippen LogP contribution is 2.57. The number of allylic oxidation sites excluding steroid dienone is 3. The number of anilines is 1. The number of nitrogens with one attached hydrogen (secondary N) is 4. The fourth-order valence-corrected chi connectivity index (χ4v) is 5.13. The van der Waals surface area contributed by atoms with Gasteiger partial charge in [-0.1, -0.05) is 0 Å². The Bertz CT molecular complexity index is 1150. The van der Waals surface area contributed by atoms with E-state index in [9.17, 15) is 18.0 Å². The summed E-state index contributed by atoms with van der Waals surface area (Å²) in [6, 6.07) is 1.22. The van der Waals surface area contributed by atoms with Crippen LogP contribution in [0.1, 0.15) is 38.7 Å². The van der Waals surface area contributed by atoms with Gasteiger partial charge in [0.25, 0.3) is 0 Å². The third-order valence-corrected chi connectivity index (χ3v) is 6.95. The van der Waals surface area contributed by atoms with Crippen LogP contribution in [-0.4, -0.2) is 42.0 Å². The second-order valence-electron chi connectivity index (χ2n) is 9.68. The maximum atomic E-state index is 14.8. The molecule has 11 heteroatoms. The van der Waals surface area contributed by atoms with Crippen LogP contribution in [0.4, 0.5) is 19.0 Å². The van der Waals surface area contributed by atoms with E-state index in [-0.39, 0.29) is 40.4 Å². The molecular weight excluding hydrogens is 471 g/mol. The van der Waals surface area contributed by atoms with Crippen LogP contribution in [0.15, 0.2) is 41.0 Å². The maximum absolute atomic E-state index is 14.8. The minimum atomic E-state index is -1.04. The molecule has 1 aromatic rings. The molecular formula is C25H32F3N7O. The van der Waals surface area contributed by atoms with Gasteiger partial charge in [-0.15, -0.1) is 0 Å². The van der Waals surface area contributed by atoms with Gasteiger partial charge >= 0.3 is 0 Å². The Morgan fingerprint density at radius 1 is 1.31 bits per heavy atom. The predicted octanol–water partition coefficient (Wildman–Crippen LogP) is 2.86. The first-order valence-corrected chi connectivity index (χ1v) is 12.0. The number of hydrogen-bond acceptors (Lipinski definition) is 7. The standard InChI is InChI=1S/C25H32F3N7O/c1-11(30)20(12(2)31)15-5-6-19(33-24(15)28)34-25(36)23-21(13-3-4-13)16-7-17(16)22(35-23)18(10-29)32-14(8-26)9-27/h5-6,10,13-14,16,21,23,30,32,35H,3-4,7-9,29,31H2,1-2H3,(H,33,34,36)/b18-10-,20-12+,30-11?/t16?,21?,23-/m0/s1. The Morgan fingerprint density at radius 2 is 2.00 bits per heavy atom. The van der Waals surface area contributed by atoms with Gasteiger partial charge in [-0.2, -0.15) is 4.39 Å². The van der Waals surface area contributed by atoms with Crippen molar-refractivity contribution in [1.29, 1.82) is 5.41 Å². The van der Waals surface area contributed by atoms with Gasteiger partial charge in [0.1, 0.15) is 25.2 Å². The van der Waals surface area contributed by atoms with E-state index in [2.05, 4.69) is 20.9 Å². The molecule has 0 radical (unpaired) electrons. The Morgan fingerprint density at radius 3 is 2.53 bits per heavy atom. The smallest absolute Gasteiger partial charge is 0.248 e. The molecule has 36 heavy (non-hydrogen) atoms. The van der Waals surface area contributed by atoms with E-state index in [1.807, 2.05) is 0 Å². The van der Waals surface area contributed by atoms with Crippen molar-refractivity contribution >= 4 is 23.0 Å². The van der Waals surface area contributed by atoms with Crippen LogP contribution in [0.2, 0.25) is 0 Å². The summed E-state index contributed by atoms with van der Waals surface area (Å²) in [4.78, 5) is 17.3. The first kappa shape index (κ1) is 25.6. The fraction of sp³-hybridized carbons (Fsp3) is 0.480. The van der Waals surface area contributed by atoms with Gasteiger partial charge in [0.15, 0.2) is 0 Å². The van der Waals surface area contributed by atoms with Crippen LogP contribution in [0.3, 0.4) is 0 Å². The molecule has 2 aliphatic carbocycles. The SMILES string of the molecule is CC(=N)/C(=C(/C)N)c1ccc(NC(=O)[C@H]2NC(/C(=C/N)NC(CF)CF)=C3CC3C2C2CC2)nc1F. The number of hydrogen-bond donors (Lipinski definition) is 6. The number of carbonyl (C=O) groups is 1. The average Bonchev–Trinajstić information content (AvgIpc) is 3.74. The molecule has 0 bridgehead atoms. The number of nitrogens with zero attached hydrogens (tertiary/aromatic N) is 1. The average molecular weight is 504 g/mol. The number of pyridine rings is 1. The van der Waals surface area contributed by atoms with Gasteiger partial charge in [0, 0.05) is 28.7 Å². The molecule has 8 nitrogen and oxygen atoms in total. The summed E-state index contributed by atoms with van der Waals surface area (Å²) in [5.74, 6) is -0.571. The van der Waals surface area contributed by atoms with Crippen LogP contribution in [0, 0.1) is 29.1 Å². The Balaban J connectivity index is 1.56. The molecule has 1 amide bonds. The molecule has 0 spiro atoms. The Hall–Kier alpha value is -3.50. The van der Waals surface area contributed by atoms with Crippen molar-refractivity contribution < 1.29 is 18.0 Å². The van der Waals surface area contributed by atoms with Crippen molar-refractivity contribution in [3.63, 3.8) is 0 Å². The molecule has 0 aromatic carbocycles. The Labute approximate surface area is 208 Å². The van der Waals surface area contributed by atoms with Crippen molar-refractivity contribution in [2.45, 2.75) is 45.2 Å². The Kier molecular flexibility index (Phi) is 7.28. The van der Waals surface area contributed by atoms with E-state index in [0.717, 1.165) is 24.8 Å². The number of halogens is 3. The lowest BCUT2D eigenvalue weighted by Gasteiger charge is -2.33. The van der Waals surface area contributed by atoms with Crippen LogP contribution in [0.25, 0.3) is 5.57 Å². The molecule has 194 valence electrons. The predicted molar refractivity (Wildman–Crippen MR) is 132 cm³/mol. The molecule has 1 aliphatic heterocycles. The number of rotatable bonds is 10. The second kappa shape index (κ2) is 10.2. The normalized spacial score (nSPS) is 24.1. The quantitative estimate of drug-likeness (QED) is 0.214. The van der Waals surface area contributed by atoms with E-state index in [0.29, 0.717) is 23.0 Å². The summed E-state index contributed by atoms with van der Waals surface area (Å²) in [6.07, 6.45) is 4.08. The van der Waals surface area contributed by atoms with Gasteiger partial charge < -0.3 is 32.8 Å². The maximum Gasteiger partial charge on any atom is 0.248 e. The molecule has 2 unspecified atom stereocenters. The number of fused-ring (bicyclic) bond motifs is 1. The summed E-state index contributed by atoms with van der Waals surface area (Å²) in [7, 11) is 0. The number of alkyl halides is 2. The summed E-state index contributed by atoms with van der Waals surface area (Å²) in [5, 5.41) is 16.6. The second-order valence-corrected chi connectivity index (χ2v) is 9.68. The van der Waals surface area contributed by atoms with E-state index in [4.69, 9.17) is 16.9 Å². The highest BCUT2D eigenvalue weighted by atomic mass is 19.1. The molecule has 2 saturated carbocycles. The monoisotopic (exact) mass is 503 g/mol. The van der Waals surface area contributed by atoms with Gasteiger partial charge in [-0.05, 0) is 68.6 Å². The summed E-state index contributed by atoms with van der Waals surface area (Å²) >= 11 is 0. The van der Waals surface area contributed by atoms with Crippen LogP contribution in [0.5, 0.6) is 0 Å². The third kappa shape index (κ3) is 5.05. The molecule has 3 atom stereocenters. The van der Waals surface area contributed by atoms with Crippen molar-refractivity contribution in [3.8, 4) is 0 Å². The minimum absolute atomic E-state index is 0.0315. The van der Waals surface area contributed by atoms with Gasteiger partial charge in [0.2, 0.25) is 11.9 Å². The molecule has 2 heterocycles. The summed E-state index contributed by atoms with van der Waals surface area (Å²) in [5.41, 5.74) is 14.4. The van der Waals surface area contributed by atoms with E-state index < -0.39 is 31.4 Å². The lowest BCUT2D eigenvalue weighted by Crippen LogP contribution is -2.50. The first-order chi connectivity index (χ1) is 17.2. The van der Waals surface area contributed by atoms with E-state index in [1.54, 1.807) is 6.92 Å². The molecule has 4 rings (SSSR count). The molecule has 0 saturated heterocycles. The lowest BCUT2D eigenvalue weighted by atomic mass is 9.85. The molecule has 3 aliphatic rings. The zero-order valence-electron chi connectivity index (χ0n) is 20.3. The lowest BCUT2D eigenvalue weighted by molar-refractivity contribution is -0.119. The highest BCUT2D eigenvalue weighted by molar-refractivity contribution is 6.21. The van der Waals surface area contributed by atoms with Crippen molar-refractivity contribution in [3.05, 3.63) is 52.5 Å². The van der Waals surface area contributed by atoms with Crippen LogP contribution in [-0.2, 0) is 4.79 Å². The number of carbonyl (C=O) groups excluding carboxylic acids is 1. The largest absolute Gasteiger partial charge is 0.403 e. The van der Waals surface area contributed by atoms with Crippen molar-refractivity contribution in [1.82, 2.24) is 15.6 Å². The molecule has 1 aromatic heterocycles. The first-order valence-electron chi connectivity index (χ1n) is 12.0. The zero-order chi connectivity index (χ0) is 26.1. The number of amides is 1. The molecule has 8 N–H and O–H groups in total.